The summed E-state index contributed by atoms with van der Waals surface area (Å²) in [5.41, 5.74) is 3.28. The van der Waals surface area contributed by atoms with Crippen molar-refractivity contribution in [2.75, 3.05) is 5.75 Å². The standard InChI is InChI=1S/C25H24ClFO3S/c1-3-14-5-6-15(19-10-9-18(26)13-21(19)27)12-20(14)22-23(28)16-7-8-17(11-16)24(22)30-25(29)31-4-2/h5-6,9-10,12-13,16-17H,3-4,7-8,11H2,1-2H3/t16-,17+/m0/s1. The Labute approximate surface area is 191 Å². The molecule has 1 saturated carbocycles. The van der Waals surface area contributed by atoms with E-state index >= 15 is 0 Å². The Kier molecular flexibility index (Phi) is 6.54. The number of hydrogen-bond acceptors (Lipinski definition) is 4. The highest BCUT2D eigenvalue weighted by atomic mass is 35.5. The summed E-state index contributed by atoms with van der Waals surface area (Å²) >= 11 is 7.01. The third-order valence-electron chi connectivity index (χ3n) is 6.12. The number of rotatable bonds is 5. The third kappa shape index (κ3) is 4.31. The van der Waals surface area contributed by atoms with E-state index in [9.17, 15) is 14.0 Å². The molecule has 3 nitrogen and oxygen atoms in total. The summed E-state index contributed by atoms with van der Waals surface area (Å²) in [6, 6.07) is 10.2. The van der Waals surface area contributed by atoms with Crippen molar-refractivity contribution in [2.24, 2.45) is 11.8 Å². The monoisotopic (exact) mass is 458 g/mol. The van der Waals surface area contributed by atoms with Gasteiger partial charge in [-0.3, -0.25) is 4.79 Å². The van der Waals surface area contributed by atoms with Crippen LogP contribution in [0.4, 0.5) is 9.18 Å². The fraction of sp³-hybridized carbons (Fsp3) is 0.360. The second-order valence-electron chi connectivity index (χ2n) is 7.95. The molecule has 4 rings (SSSR count). The zero-order valence-corrected chi connectivity index (χ0v) is 19.1. The van der Waals surface area contributed by atoms with E-state index in [1.807, 2.05) is 32.0 Å². The molecule has 0 saturated heterocycles. The molecular weight excluding hydrogens is 435 g/mol. The Morgan fingerprint density at radius 3 is 2.61 bits per heavy atom. The molecule has 1 fully saturated rings. The highest BCUT2D eigenvalue weighted by Gasteiger charge is 2.43. The summed E-state index contributed by atoms with van der Waals surface area (Å²) in [6.07, 6.45) is 3.08. The van der Waals surface area contributed by atoms with Crippen molar-refractivity contribution in [1.82, 2.24) is 0 Å². The summed E-state index contributed by atoms with van der Waals surface area (Å²) in [4.78, 5) is 25.7. The molecule has 0 aromatic heterocycles. The minimum absolute atomic E-state index is 0.0291. The molecule has 0 unspecified atom stereocenters. The van der Waals surface area contributed by atoms with Crippen molar-refractivity contribution in [2.45, 2.75) is 39.5 Å². The lowest BCUT2D eigenvalue weighted by Gasteiger charge is -2.26. The molecule has 0 N–H and O–H groups in total. The number of benzene rings is 2. The largest absolute Gasteiger partial charge is 0.422 e. The van der Waals surface area contributed by atoms with Crippen LogP contribution >= 0.6 is 23.4 Å². The van der Waals surface area contributed by atoms with Crippen LogP contribution in [0.3, 0.4) is 0 Å². The fourth-order valence-corrected chi connectivity index (χ4v) is 5.18. The summed E-state index contributed by atoms with van der Waals surface area (Å²) < 4.78 is 20.4. The smallest absolute Gasteiger partial charge is 0.372 e. The first-order chi connectivity index (χ1) is 14.9. The van der Waals surface area contributed by atoms with Gasteiger partial charge in [0.15, 0.2) is 5.78 Å². The van der Waals surface area contributed by atoms with Crippen molar-refractivity contribution < 1.29 is 18.7 Å². The van der Waals surface area contributed by atoms with Gasteiger partial charge in [0.1, 0.15) is 11.6 Å². The van der Waals surface area contributed by atoms with Gasteiger partial charge in [-0.2, -0.15) is 0 Å². The molecule has 2 aliphatic carbocycles. The van der Waals surface area contributed by atoms with Crippen LogP contribution in [-0.4, -0.2) is 16.8 Å². The Morgan fingerprint density at radius 2 is 1.90 bits per heavy atom. The van der Waals surface area contributed by atoms with Gasteiger partial charge in [0.25, 0.3) is 0 Å². The highest BCUT2D eigenvalue weighted by Crippen LogP contribution is 2.48. The van der Waals surface area contributed by atoms with Gasteiger partial charge in [-0.15, -0.1) is 0 Å². The normalized spacial score (nSPS) is 20.3. The highest BCUT2D eigenvalue weighted by molar-refractivity contribution is 8.13. The molecule has 0 aliphatic heterocycles. The fourth-order valence-electron chi connectivity index (χ4n) is 4.63. The van der Waals surface area contributed by atoms with Crippen molar-refractivity contribution in [3.05, 3.63) is 64.1 Å². The van der Waals surface area contributed by atoms with E-state index in [4.69, 9.17) is 16.3 Å². The molecule has 2 aliphatic rings. The van der Waals surface area contributed by atoms with Crippen LogP contribution in [0.15, 0.2) is 42.2 Å². The second-order valence-corrected chi connectivity index (χ2v) is 9.58. The Balaban J connectivity index is 1.88. The number of fused-ring (bicyclic) bond motifs is 2. The molecule has 162 valence electrons. The van der Waals surface area contributed by atoms with Crippen LogP contribution < -0.4 is 0 Å². The maximum atomic E-state index is 14.6. The number of carbonyl (C=O) groups is 2. The van der Waals surface area contributed by atoms with Crippen molar-refractivity contribution in [3.8, 4) is 11.1 Å². The maximum Gasteiger partial charge on any atom is 0.372 e. The molecule has 2 bridgehead atoms. The number of allylic oxidation sites excluding steroid dienone is 2. The lowest BCUT2D eigenvalue weighted by molar-refractivity contribution is -0.117. The van der Waals surface area contributed by atoms with Gasteiger partial charge in [-0.05, 0) is 78.4 Å². The Bertz CT molecular complexity index is 1080. The maximum absolute atomic E-state index is 14.6. The van der Waals surface area contributed by atoms with Crippen molar-refractivity contribution in [3.63, 3.8) is 0 Å². The Morgan fingerprint density at radius 1 is 1.13 bits per heavy atom. The van der Waals surface area contributed by atoms with Crippen LogP contribution in [-0.2, 0) is 16.0 Å². The summed E-state index contributed by atoms with van der Waals surface area (Å²) in [6.45, 7) is 3.90. The number of ether oxygens (including phenoxy) is 1. The number of aryl methyl sites for hydroxylation is 1. The number of halogens is 2. The van der Waals surface area contributed by atoms with Crippen LogP contribution in [0.2, 0.25) is 5.02 Å². The average molecular weight is 459 g/mol. The van der Waals surface area contributed by atoms with Gasteiger partial charge in [0.2, 0.25) is 0 Å². The first-order valence-electron chi connectivity index (χ1n) is 10.6. The first-order valence-corrected chi connectivity index (χ1v) is 12.0. The van der Waals surface area contributed by atoms with E-state index in [-0.39, 0.29) is 22.9 Å². The second kappa shape index (κ2) is 9.17. The Hall–Kier alpha value is -2.11. The van der Waals surface area contributed by atoms with Gasteiger partial charge in [-0.25, -0.2) is 9.18 Å². The van der Waals surface area contributed by atoms with E-state index in [1.165, 1.54) is 6.07 Å². The van der Waals surface area contributed by atoms with E-state index in [0.29, 0.717) is 39.7 Å². The number of ketones is 1. The molecule has 2 aromatic carbocycles. The molecule has 31 heavy (non-hydrogen) atoms. The quantitative estimate of drug-likeness (QED) is 0.440. The lowest BCUT2D eigenvalue weighted by atomic mass is 9.81. The van der Waals surface area contributed by atoms with Gasteiger partial charge in [-0.1, -0.05) is 37.6 Å². The van der Waals surface area contributed by atoms with Crippen LogP contribution in [0, 0.1) is 17.7 Å². The molecule has 2 atom stereocenters. The topological polar surface area (TPSA) is 43.4 Å². The van der Waals surface area contributed by atoms with Crippen LogP contribution in [0.5, 0.6) is 0 Å². The van der Waals surface area contributed by atoms with E-state index < -0.39 is 5.82 Å². The minimum Gasteiger partial charge on any atom is -0.422 e. The molecular formula is C25H24ClFO3S. The van der Waals surface area contributed by atoms with E-state index in [0.717, 1.165) is 42.2 Å². The SMILES string of the molecule is CCSC(=O)OC1=C(c2cc(-c3ccc(Cl)cc3F)ccc2CC)C(=O)[C@H]2CC[C@@H]1C2. The molecule has 0 spiro atoms. The predicted molar refractivity (Wildman–Crippen MR) is 124 cm³/mol. The van der Waals surface area contributed by atoms with Gasteiger partial charge < -0.3 is 4.74 Å². The molecule has 0 radical (unpaired) electrons. The van der Waals surface area contributed by atoms with Crippen LogP contribution in [0.1, 0.15) is 44.2 Å². The molecule has 6 heteroatoms. The van der Waals surface area contributed by atoms with Crippen molar-refractivity contribution >= 4 is 40.0 Å². The molecule has 0 heterocycles. The number of carbonyl (C=O) groups excluding carboxylic acids is 2. The van der Waals surface area contributed by atoms with Crippen molar-refractivity contribution in [1.29, 1.82) is 0 Å². The number of Topliss-reactive ketones (excluding diaryl/α,β-unsaturated/α-hetero) is 1. The average Bonchev–Trinajstić information content (AvgIpc) is 3.19. The summed E-state index contributed by atoms with van der Waals surface area (Å²) in [5.74, 6) is 0.739. The van der Waals surface area contributed by atoms with E-state index in [1.54, 1.807) is 12.1 Å². The van der Waals surface area contributed by atoms with Crippen LogP contribution in [0.25, 0.3) is 16.7 Å². The lowest BCUT2D eigenvalue weighted by Crippen LogP contribution is -2.24. The first kappa shape index (κ1) is 22.1. The van der Waals surface area contributed by atoms with Gasteiger partial charge in [0, 0.05) is 28.2 Å². The number of hydrogen-bond donors (Lipinski definition) is 0. The third-order valence-corrected chi connectivity index (χ3v) is 6.97. The number of thioether (sulfide) groups is 1. The van der Waals surface area contributed by atoms with Gasteiger partial charge >= 0.3 is 5.30 Å². The summed E-state index contributed by atoms with van der Waals surface area (Å²) in [5, 5.41) is -0.0536. The zero-order chi connectivity index (χ0) is 22.1. The minimum atomic E-state index is -0.419. The van der Waals surface area contributed by atoms with E-state index in [2.05, 4.69) is 0 Å². The molecule has 2 aromatic rings. The summed E-state index contributed by atoms with van der Waals surface area (Å²) in [7, 11) is 0. The zero-order valence-electron chi connectivity index (χ0n) is 17.5. The molecule has 0 amide bonds. The van der Waals surface area contributed by atoms with Gasteiger partial charge in [0.05, 0.1) is 5.57 Å². The predicted octanol–water partition coefficient (Wildman–Crippen LogP) is 7.31.